The van der Waals surface area contributed by atoms with Gasteiger partial charge in [0.2, 0.25) is 17.7 Å². The van der Waals surface area contributed by atoms with Gasteiger partial charge in [-0.2, -0.15) is 0 Å². The Kier molecular flexibility index (Phi) is 7.44. The van der Waals surface area contributed by atoms with Gasteiger partial charge in [-0.05, 0) is 46.0 Å². The highest BCUT2D eigenvalue weighted by molar-refractivity contribution is 6.00. The highest BCUT2D eigenvalue weighted by Crippen LogP contribution is 2.58. The van der Waals surface area contributed by atoms with Gasteiger partial charge in [-0.25, -0.2) is 0 Å². The molecule has 5 atom stereocenters. The predicted octanol–water partition coefficient (Wildman–Crippen LogP) is 2.13. The molecule has 8 nitrogen and oxygen atoms in total. The van der Waals surface area contributed by atoms with Crippen LogP contribution in [-0.2, 0) is 19.1 Å². The van der Waals surface area contributed by atoms with E-state index >= 15 is 0 Å². The maximum Gasteiger partial charge on any atom is 0.249 e. The Bertz CT molecular complexity index is 901. The largest absolute Gasteiger partial charge is 0.396 e. The molecule has 2 fully saturated rings. The summed E-state index contributed by atoms with van der Waals surface area (Å²) in [5.41, 5.74) is -2.09. The van der Waals surface area contributed by atoms with Crippen LogP contribution in [0.4, 0.5) is 0 Å². The normalized spacial score (nSPS) is 34.4. The van der Waals surface area contributed by atoms with E-state index in [1.165, 1.54) is 0 Å². The zero-order valence-corrected chi connectivity index (χ0v) is 21.6. The van der Waals surface area contributed by atoms with Crippen LogP contribution in [0, 0.1) is 11.8 Å². The van der Waals surface area contributed by atoms with Gasteiger partial charge in [0, 0.05) is 38.8 Å². The number of unbranched alkanes of at least 4 members (excludes halogenated alkanes) is 2. The van der Waals surface area contributed by atoms with Crippen molar-refractivity contribution in [3.8, 4) is 0 Å². The lowest BCUT2D eigenvalue weighted by molar-refractivity contribution is -0.155. The average Bonchev–Trinajstić information content (AvgIpc) is 3.11. The highest BCUT2D eigenvalue weighted by Gasteiger charge is 2.75. The van der Waals surface area contributed by atoms with Crippen LogP contribution in [0.15, 0.2) is 24.3 Å². The summed E-state index contributed by atoms with van der Waals surface area (Å²) in [6.07, 6.45) is 11.3. The summed E-state index contributed by atoms with van der Waals surface area (Å²) in [7, 11) is 0. The second-order valence-corrected chi connectivity index (χ2v) is 10.6. The molecule has 0 aromatic rings. The van der Waals surface area contributed by atoms with Gasteiger partial charge >= 0.3 is 0 Å². The van der Waals surface area contributed by atoms with Crippen LogP contribution in [0.25, 0.3) is 0 Å². The van der Waals surface area contributed by atoms with Gasteiger partial charge in [0.25, 0.3) is 0 Å². The first kappa shape index (κ1) is 25.9. The van der Waals surface area contributed by atoms with E-state index in [-0.39, 0.29) is 30.4 Å². The van der Waals surface area contributed by atoms with Gasteiger partial charge in [-0.1, -0.05) is 38.2 Å². The third kappa shape index (κ3) is 4.02. The van der Waals surface area contributed by atoms with Crippen LogP contribution >= 0.6 is 0 Å². The second-order valence-electron chi connectivity index (χ2n) is 10.6. The SMILES string of the molecule is CCCN1CC=C[C@]2(CC)O[C@]34C=CCN(C(C)C)C(=O)C3N(CCCCCO)C(=O)[C@@H]4[C@@H]2C1=O. The molecule has 0 aliphatic carbocycles. The van der Waals surface area contributed by atoms with Crippen LogP contribution in [-0.4, -0.2) is 93.6 Å². The summed E-state index contributed by atoms with van der Waals surface area (Å²) in [5.74, 6) is -1.75. The first-order valence-corrected chi connectivity index (χ1v) is 13.3. The monoisotopic (exact) mass is 487 g/mol. The second kappa shape index (κ2) is 10.1. The van der Waals surface area contributed by atoms with E-state index in [2.05, 4.69) is 0 Å². The van der Waals surface area contributed by atoms with Crippen molar-refractivity contribution >= 4 is 17.7 Å². The molecule has 0 bridgehead atoms. The quantitative estimate of drug-likeness (QED) is 0.398. The molecule has 35 heavy (non-hydrogen) atoms. The fraction of sp³-hybridized carbons (Fsp3) is 0.741. The van der Waals surface area contributed by atoms with Crippen LogP contribution in [0.2, 0.25) is 0 Å². The molecular weight excluding hydrogens is 446 g/mol. The molecule has 3 amide bonds. The molecule has 2 saturated heterocycles. The smallest absolute Gasteiger partial charge is 0.249 e. The van der Waals surface area contributed by atoms with E-state index in [1.54, 1.807) is 9.80 Å². The Morgan fingerprint density at radius 3 is 2.37 bits per heavy atom. The zero-order chi connectivity index (χ0) is 25.4. The molecule has 0 radical (unpaired) electrons. The van der Waals surface area contributed by atoms with E-state index < -0.39 is 29.1 Å². The van der Waals surface area contributed by atoms with Crippen molar-refractivity contribution in [1.29, 1.82) is 0 Å². The minimum Gasteiger partial charge on any atom is -0.396 e. The fourth-order valence-electron chi connectivity index (χ4n) is 6.57. The number of hydrogen-bond acceptors (Lipinski definition) is 5. The van der Waals surface area contributed by atoms with Crippen molar-refractivity contribution in [2.24, 2.45) is 11.8 Å². The molecule has 8 heteroatoms. The van der Waals surface area contributed by atoms with Gasteiger partial charge in [0.15, 0.2) is 0 Å². The molecule has 0 aromatic heterocycles. The van der Waals surface area contributed by atoms with Crippen LogP contribution < -0.4 is 0 Å². The third-order valence-electron chi connectivity index (χ3n) is 8.23. The zero-order valence-electron chi connectivity index (χ0n) is 21.6. The molecule has 4 aliphatic rings. The molecular formula is C27H41N3O5. The summed E-state index contributed by atoms with van der Waals surface area (Å²) >= 11 is 0. The molecule has 194 valence electrons. The number of aliphatic hydroxyl groups is 1. The number of fused-ring (bicyclic) bond motifs is 2. The Morgan fingerprint density at radius 1 is 0.971 bits per heavy atom. The summed E-state index contributed by atoms with van der Waals surface area (Å²) < 4.78 is 6.93. The first-order chi connectivity index (χ1) is 16.8. The molecule has 1 spiro atoms. The fourth-order valence-corrected chi connectivity index (χ4v) is 6.57. The van der Waals surface area contributed by atoms with E-state index in [9.17, 15) is 19.5 Å². The number of carbonyl (C=O) groups is 3. The summed E-state index contributed by atoms with van der Waals surface area (Å²) in [6.45, 7) is 10.1. The van der Waals surface area contributed by atoms with E-state index in [0.29, 0.717) is 45.4 Å². The molecule has 0 aromatic carbocycles. The van der Waals surface area contributed by atoms with E-state index in [0.717, 1.165) is 12.8 Å². The molecule has 4 rings (SSSR count). The van der Waals surface area contributed by atoms with E-state index in [4.69, 9.17) is 4.74 Å². The molecule has 4 heterocycles. The Morgan fingerprint density at radius 2 is 1.71 bits per heavy atom. The number of carbonyl (C=O) groups excluding carboxylic acids is 3. The Balaban J connectivity index is 1.82. The summed E-state index contributed by atoms with van der Waals surface area (Å²) in [4.78, 5) is 47.5. The van der Waals surface area contributed by atoms with Crippen LogP contribution in [0.1, 0.15) is 59.8 Å². The summed E-state index contributed by atoms with van der Waals surface area (Å²) in [6, 6.07) is -0.826. The molecule has 4 aliphatic heterocycles. The van der Waals surface area contributed by atoms with Gasteiger partial charge in [0.1, 0.15) is 11.6 Å². The van der Waals surface area contributed by atoms with Gasteiger partial charge in [0.05, 0.1) is 17.4 Å². The van der Waals surface area contributed by atoms with Gasteiger partial charge < -0.3 is 24.5 Å². The van der Waals surface area contributed by atoms with Gasteiger partial charge in [-0.15, -0.1) is 0 Å². The van der Waals surface area contributed by atoms with Gasteiger partial charge in [-0.3, -0.25) is 14.4 Å². The van der Waals surface area contributed by atoms with Crippen molar-refractivity contribution < 1.29 is 24.2 Å². The first-order valence-electron chi connectivity index (χ1n) is 13.3. The third-order valence-corrected chi connectivity index (χ3v) is 8.23. The highest BCUT2D eigenvalue weighted by atomic mass is 16.5. The topological polar surface area (TPSA) is 90.4 Å². The van der Waals surface area contributed by atoms with Crippen molar-refractivity contribution in [1.82, 2.24) is 14.7 Å². The molecule has 0 saturated carbocycles. The van der Waals surface area contributed by atoms with Crippen LogP contribution in [0.3, 0.4) is 0 Å². The van der Waals surface area contributed by atoms with Crippen molar-refractivity contribution in [2.75, 3.05) is 32.8 Å². The lowest BCUT2D eigenvalue weighted by atomic mass is 9.73. The van der Waals surface area contributed by atoms with Crippen LogP contribution in [0.5, 0.6) is 0 Å². The lowest BCUT2D eigenvalue weighted by Crippen LogP contribution is -2.57. The average molecular weight is 488 g/mol. The number of aliphatic hydroxyl groups excluding tert-OH is 1. The maximum absolute atomic E-state index is 14.2. The Labute approximate surface area is 208 Å². The number of nitrogens with zero attached hydrogens (tertiary/aromatic N) is 3. The maximum atomic E-state index is 14.2. The lowest BCUT2D eigenvalue weighted by Gasteiger charge is -2.39. The predicted molar refractivity (Wildman–Crippen MR) is 132 cm³/mol. The number of hydrogen-bond donors (Lipinski definition) is 1. The number of likely N-dealkylation sites (tertiary alicyclic amines) is 1. The molecule has 1 unspecified atom stereocenters. The minimum absolute atomic E-state index is 0.0266. The standard InChI is InChI=1S/C27H41N3O5/c1-5-14-28-15-10-12-26(6-2)20(23(28)32)21-24(33)30(16-8-7-9-18-31)22-25(34)29(19(3)4)17-11-13-27(21,22)35-26/h10-13,19-22,31H,5-9,14-18H2,1-4H3/t20-,21+,22?,26+,27+/m1/s1. The number of ether oxygens (including phenoxy) is 1. The number of amides is 3. The van der Waals surface area contributed by atoms with E-state index in [1.807, 2.05) is 56.9 Å². The Hall–Kier alpha value is -2.19. The van der Waals surface area contributed by atoms with Crippen molar-refractivity contribution in [3.63, 3.8) is 0 Å². The van der Waals surface area contributed by atoms with Crippen molar-refractivity contribution in [3.05, 3.63) is 24.3 Å². The van der Waals surface area contributed by atoms with Crippen molar-refractivity contribution in [2.45, 2.75) is 83.1 Å². The molecule has 1 N–H and O–H groups in total. The number of rotatable bonds is 9. The summed E-state index contributed by atoms with van der Waals surface area (Å²) in [5, 5.41) is 9.19. The minimum atomic E-state index is -1.18.